The van der Waals surface area contributed by atoms with Crippen molar-refractivity contribution in [2.45, 2.75) is 38.2 Å². The number of hydrogen-bond acceptors (Lipinski definition) is 2. The van der Waals surface area contributed by atoms with Gasteiger partial charge in [0.25, 0.3) is 0 Å². The zero-order valence-corrected chi connectivity index (χ0v) is 12.5. The monoisotopic (exact) mass is 309 g/mol. The Labute approximate surface area is 121 Å². The SMILES string of the molecule is CCNC(CSC(C)C)c1ccc(C(F)(F)F)c(F)c1. The van der Waals surface area contributed by atoms with Crippen molar-refractivity contribution in [1.29, 1.82) is 0 Å². The normalized spacial score (nSPS) is 13.8. The molecule has 6 heteroatoms. The summed E-state index contributed by atoms with van der Waals surface area (Å²) in [7, 11) is 0. The van der Waals surface area contributed by atoms with E-state index in [2.05, 4.69) is 5.32 Å². The number of alkyl halides is 3. The molecule has 0 aliphatic heterocycles. The second kappa shape index (κ2) is 7.31. The van der Waals surface area contributed by atoms with E-state index in [0.29, 0.717) is 23.1 Å². The zero-order valence-electron chi connectivity index (χ0n) is 11.7. The van der Waals surface area contributed by atoms with Crippen LogP contribution >= 0.6 is 11.8 Å². The Morgan fingerprint density at radius 2 is 1.90 bits per heavy atom. The summed E-state index contributed by atoms with van der Waals surface area (Å²) >= 11 is 1.68. The lowest BCUT2D eigenvalue weighted by molar-refractivity contribution is -0.140. The molecular formula is C14H19F4NS. The molecule has 0 heterocycles. The maximum absolute atomic E-state index is 13.6. The Bertz CT molecular complexity index is 432. The topological polar surface area (TPSA) is 12.0 Å². The largest absolute Gasteiger partial charge is 0.419 e. The third-order valence-electron chi connectivity index (χ3n) is 2.75. The van der Waals surface area contributed by atoms with Crippen LogP contribution in [0.25, 0.3) is 0 Å². The standard InChI is InChI=1S/C14H19F4NS/c1-4-19-13(8-20-9(2)3)10-5-6-11(12(15)7-10)14(16,17)18/h5-7,9,13,19H,4,8H2,1-3H3. The lowest BCUT2D eigenvalue weighted by Gasteiger charge is -2.20. The maximum atomic E-state index is 13.6. The van der Waals surface area contributed by atoms with Gasteiger partial charge in [-0.3, -0.25) is 0 Å². The number of thioether (sulfide) groups is 1. The molecule has 0 aliphatic rings. The molecule has 0 radical (unpaired) electrons. The van der Waals surface area contributed by atoms with Gasteiger partial charge in [-0.15, -0.1) is 0 Å². The highest BCUT2D eigenvalue weighted by Crippen LogP contribution is 2.33. The molecule has 20 heavy (non-hydrogen) atoms. The van der Waals surface area contributed by atoms with Gasteiger partial charge in [0.15, 0.2) is 0 Å². The van der Waals surface area contributed by atoms with Gasteiger partial charge in [-0.2, -0.15) is 24.9 Å². The van der Waals surface area contributed by atoms with Gasteiger partial charge in [0.2, 0.25) is 0 Å². The third-order valence-corrected chi connectivity index (χ3v) is 3.94. The fourth-order valence-corrected chi connectivity index (χ4v) is 2.67. The summed E-state index contributed by atoms with van der Waals surface area (Å²) in [6.45, 7) is 6.67. The Hall–Kier alpha value is -0.750. The minimum absolute atomic E-state index is 0.149. The van der Waals surface area contributed by atoms with Crippen LogP contribution in [-0.2, 0) is 6.18 Å². The minimum Gasteiger partial charge on any atom is -0.310 e. The Kier molecular flexibility index (Phi) is 6.33. The van der Waals surface area contributed by atoms with Crippen molar-refractivity contribution in [3.05, 3.63) is 35.1 Å². The summed E-state index contributed by atoms with van der Waals surface area (Å²) in [4.78, 5) is 0. The number of rotatable bonds is 6. The highest BCUT2D eigenvalue weighted by atomic mass is 32.2. The van der Waals surface area contributed by atoms with Gasteiger partial charge in [0, 0.05) is 11.8 Å². The highest BCUT2D eigenvalue weighted by Gasteiger charge is 2.34. The molecule has 0 fully saturated rings. The van der Waals surface area contributed by atoms with Crippen LogP contribution < -0.4 is 5.32 Å². The molecule has 1 nitrogen and oxygen atoms in total. The van der Waals surface area contributed by atoms with Crippen molar-refractivity contribution in [2.75, 3.05) is 12.3 Å². The van der Waals surface area contributed by atoms with Gasteiger partial charge in [-0.05, 0) is 29.5 Å². The number of benzene rings is 1. The van der Waals surface area contributed by atoms with Crippen LogP contribution in [0.15, 0.2) is 18.2 Å². The second-order valence-electron chi connectivity index (χ2n) is 4.73. The van der Waals surface area contributed by atoms with Crippen LogP contribution in [0.5, 0.6) is 0 Å². The zero-order chi connectivity index (χ0) is 15.3. The molecule has 0 aliphatic carbocycles. The number of nitrogens with one attached hydrogen (secondary N) is 1. The van der Waals surface area contributed by atoms with Crippen molar-refractivity contribution in [2.24, 2.45) is 0 Å². The molecule has 0 saturated carbocycles. The first kappa shape index (κ1) is 17.3. The molecule has 1 N–H and O–H groups in total. The van der Waals surface area contributed by atoms with Gasteiger partial charge < -0.3 is 5.32 Å². The summed E-state index contributed by atoms with van der Waals surface area (Å²) in [5.74, 6) is -0.525. The van der Waals surface area contributed by atoms with E-state index >= 15 is 0 Å². The van der Waals surface area contributed by atoms with Crippen LogP contribution in [0, 0.1) is 5.82 Å². The van der Waals surface area contributed by atoms with E-state index in [-0.39, 0.29) is 6.04 Å². The van der Waals surface area contributed by atoms with Gasteiger partial charge >= 0.3 is 6.18 Å². The molecule has 1 atom stereocenters. The Morgan fingerprint density at radius 3 is 2.35 bits per heavy atom. The van der Waals surface area contributed by atoms with Crippen molar-refractivity contribution in [1.82, 2.24) is 5.32 Å². The van der Waals surface area contributed by atoms with Crippen LogP contribution in [0.4, 0.5) is 17.6 Å². The maximum Gasteiger partial charge on any atom is 0.419 e. The number of halogens is 4. The lowest BCUT2D eigenvalue weighted by Crippen LogP contribution is -2.24. The predicted molar refractivity (Wildman–Crippen MR) is 75.4 cm³/mol. The summed E-state index contributed by atoms with van der Waals surface area (Å²) < 4.78 is 51.2. The molecule has 1 rings (SSSR count). The fourth-order valence-electron chi connectivity index (χ4n) is 1.79. The molecular weight excluding hydrogens is 290 g/mol. The van der Waals surface area contributed by atoms with E-state index in [4.69, 9.17) is 0 Å². The summed E-state index contributed by atoms with van der Waals surface area (Å²) in [5.41, 5.74) is -0.668. The van der Waals surface area contributed by atoms with Crippen LogP contribution in [-0.4, -0.2) is 17.5 Å². The average Bonchev–Trinajstić information content (AvgIpc) is 2.32. The quantitative estimate of drug-likeness (QED) is 0.769. The van der Waals surface area contributed by atoms with E-state index < -0.39 is 17.6 Å². The van der Waals surface area contributed by atoms with Gasteiger partial charge in [0.1, 0.15) is 5.82 Å². The van der Waals surface area contributed by atoms with E-state index in [1.54, 1.807) is 11.8 Å². The van der Waals surface area contributed by atoms with Crippen LogP contribution in [0.1, 0.15) is 37.9 Å². The third kappa shape index (κ3) is 4.98. The molecule has 0 bridgehead atoms. The van der Waals surface area contributed by atoms with Crippen LogP contribution in [0.2, 0.25) is 0 Å². The fraction of sp³-hybridized carbons (Fsp3) is 0.571. The van der Waals surface area contributed by atoms with Gasteiger partial charge in [-0.1, -0.05) is 26.8 Å². The van der Waals surface area contributed by atoms with Gasteiger partial charge in [-0.25, -0.2) is 4.39 Å². The van der Waals surface area contributed by atoms with Crippen LogP contribution in [0.3, 0.4) is 0 Å². The highest BCUT2D eigenvalue weighted by molar-refractivity contribution is 7.99. The average molecular weight is 309 g/mol. The first-order valence-corrected chi connectivity index (χ1v) is 7.52. The first-order chi connectivity index (χ1) is 9.25. The van der Waals surface area contributed by atoms with Crippen molar-refractivity contribution >= 4 is 11.8 Å². The molecule has 0 amide bonds. The summed E-state index contributed by atoms with van der Waals surface area (Å²) in [6, 6.07) is 3.00. The minimum atomic E-state index is -4.65. The summed E-state index contributed by atoms with van der Waals surface area (Å²) in [5, 5.41) is 3.58. The van der Waals surface area contributed by atoms with Crippen molar-refractivity contribution in [3.63, 3.8) is 0 Å². The lowest BCUT2D eigenvalue weighted by atomic mass is 10.0. The molecule has 1 aromatic carbocycles. The molecule has 0 spiro atoms. The molecule has 114 valence electrons. The molecule has 0 saturated heterocycles. The molecule has 1 aromatic rings. The van der Waals surface area contributed by atoms with Gasteiger partial charge in [0.05, 0.1) is 5.56 Å². The number of hydrogen-bond donors (Lipinski definition) is 1. The van der Waals surface area contributed by atoms with E-state index in [9.17, 15) is 17.6 Å². The van der Waals surface area contributed by atoms with Crippen molar-refractivity contribution < 1.29 is 17.6 Å². The van der Waals surface area contributed by atoms with E-state index in [1.807, 2.05) is 20.8 Å². The molecule has 0 aromatic heterocycles. The Balaban J connectivity index is 2.95. The second-order valence-corrected chi connectivity index (χ2v) is 6.34. The Morgan fingerprint density at radius 1 is 1.25 bits per heavy atom. The molecule has 1 unspecified atom stereocenters. The summed E-state index contributed by atoms with van der Waals surface area (Å²) in [6.07, 6.45) is -4.65. The van der Waals surface area contributed by atoms with Crippen molar-refractivity contribution in [3.8, 4) is 0 Å². The smallest absolute Gasteiger partial charge is 0.310 e. The first-order valence-electron chi connectivity index (χ1n) is 6.47. The predicted octanol–water partition coefficient (Wildman–Crippen LogP) is 4.64. The van der Waals surface area contributed by atoms with E-state index in [1.165, 1.54) is 6.07 Å². The van der Waals surface area contributed by atoms with E-state index in [0.717, 1.165) is 12.1 Å².